The van der Waals surface area contributed by atoms with Crippen LogP contribution in [0, 0.1) is 0 Å². The number of rotatable bonds is 6. The minimum atomic E-state index is -0.00793. The van der Waals surface area contributed by atoms with Gasteiger partial charge in [0.1, 0.15) is 0 Å². The fourth-order valence-corrected chi connectivity index (χ4v) is 3.18. The summed E-state index contributed by atoms with van der Waals surface area (Å²) in [6.45, 7) is 0. The van der Waals surface area contributed by atoms with Crippen LogP contribution in [-0.4, -0.2) is 18.8 Å². The van der Waals surface area contributed by atoms with Crippen LogP contribution in [0.5, 0.6) is 0 Å². The van der Waals surface area contributed by atoms with E-state index in [1.807, 2.05) is 11.3 Å². The zero-order valence-corrected chi connectivity index (χ0v) is 10.6. The highest BCUT2D eigenvalue weighted by Crippen LogP contribution is 2.39. The number of hydrogen-bond acceptors (Lipinski definition) is 4. The molecule has 3 nitrogen and oxygen atoms in total. The molecule has 16 heavy (non-hydrogen) atoms. The van der Waals surface area contributed by atoms with Crippen molar-refractivity contribution in [3.05, 3.63) is 22.4 Å². The van der Waals surface area contributed by atoms with Gasteiger partial charge in [-0.15, -0.1) is 11.3 Å². The van der Waals surface area contributed by atoms with E-state index in [0.717, 1.165) is 25.7 Å². The second-order valence-electron chi connectivity index (χ2n) is 4.46. The van der Waals surface area contributed by atoms with Gasteiger partial charge >= 0.3 is 0 Å². The highest BCUT2D eigenvalue weighted by molar-refractivity contribution is 7.09. The molecule has 90 valence electrons. The summed E-state index contributed by atoms with van der Waals surface area (Å²) >= 11 is 1.81. The maximum Gasteiger partial charge on any atom is 0.0844 e. The molecule has 0 aromatic carbocycles. The van der Waals surface area contributed by atoms with Gasteiger partial charge < -0.3 is 4.74 Å². The average Bonchev–Trinajstić information content (AvgIpc) is 2.74. The number of hydrogen-bond donors (Lipinski definition) is 2. The lowest BCUT2D eigenvalue weighted by Gasteiger charge is -2.46. The molecule has 0 bridgehead atoms. The fraction of sp³-hybridized carbons (Fsp3) is 0.667. The lowest BCUT2D eigenvalue weighted by molar-refractivity contribution is -0.0999. The molecule has 2 rings (SSSR count). The Labute approximate surface area is 101 Å². The predicted octanol–water partition coefficient (Wildman–Crippen LogP) is 2.08. The van der Waals surface area contributed by atoms with Crippen LogP contribution >= 0.6 is 11.3 Å². The molecule has 1 heterocycles. The van der Waals surface area contributed by atoms with Crippen molar-refractivity contribution in [2.75, 3.05) is 7.11 Å². The molecule has 0 amide bonds. The summed E-state index contributed by atoms with van der Waals surface area (Å²) in [5.41, 5.74) is 2.93. The van der Waals surface area contributed by atoms with Crippen LogP contribution in [0.1, 0.15) is 30.6 Å². The SMILES string of the molecule is COC1(C(CCc2cccs2)NN)CCC1. The minimum Gasteiger partial charge on any atom is -0.377 e. The number of hydrazine groups is 1. The standard InChI is InChI=1S/C12H20N2OS/c1-15-12(7-3-8-12)11(14-13)6-5-10-4-2-9-16-10/h2,4,9,11,14H,3,5-8,13H2,1H3. The van der Waals surface area contributed by atoms with E-state index in [4.69, 9.17) is 10.6 Å². The molecular formula is C12H20N2OS. The zero-order chi connectivity index (χ0) is 11.4. The maximum atomic E-state index is 5.66. The highest BCUT2D eigenvalue weighted by Gasteiger charge is 2.43. The van der Waals surface area contributed by atoms with Gasteiger partial charge in [0.15, 0.2) is 0 Å². The van der Waals surface area contributed by atoms with Gasteiger partial charge in [-0.05, 0) is 43.6 Å². The fourth-order valence-electron chi connectivity index (χ4n) is 2.46. The van der Waals surface area contributed by atoms with Gasteiger partial charge in [0.2, 0.25) is 0 Å². The second kappa shape index (κ2) is 5.27. The van der Waals surface area contributed by atoms with Crippen molar-refractivity contribution in [2.45, 2.75) is 43.7 Å². The van der Waals surface area contributed by atoms with Gasteiger partial charge in [0, 0.05) is 12.0 Å². The van der Waals surface area contributed by atoms with E-state index in [0.29, 0.717) is 0 Å². The molecule has 0 aliphatic heterocycles. The summed E-state index contributed by atoms with van der Waals surface area (Å²) in [5, 5.41) is 2.12. The number of ether oxygens (including phenoxy) is 1. The van der Waals surface area contributed by atoms with E-state index in [9.17, 15) is 0 Å². The van der Waals surface area contributed by atoms with E-state index < -0.39 is 0 Å². The Morgan fingerprint density at radius 1 is 1.62 bits per heavy atom. The molecule has 1 fully saturated rings. The molecule has 3 N–H and O–H groups in total. The molecule has 1 aromatic heterocycles. The Balaban J connectivity index is 1.90. The van der Waals surface area contributed by atoms with Gasteiger partial charge in [0.05, 0.1) is 11.6 Å². The number of methoxy groups -OCH3 is 1. The molecule has 0 saturated heterocycles. The molecular weight excluding hydrogens is 220 g/mol. The lowest BCUT2D eigenvalue weighted by atomic mass is 9.73. The van der Waals surface area contributed by atoms with Crippen LogP contribution in [0.3, 0.4) is 0 Å². The third kappa shape index (κ3) is 2.30. The Morgan fingerprint density at radius 3 is 2.88 bits per heavy atom. The van der Waals surface area contributed by atoms with E-state index in [1.54, 1.807) is 7.11 Å². The van der Waals surface area contributed by atoms with E-state index in [2.05, 4.69) is 22.9 Å². The van der Waals surface area contributed by atoms with Crippen LogP contribution in [0.15, 0.2) is 17.5 Å². The van der Waals surface area contributed by atoms with Crippen molar-refractivity contribution >= 4 is 11.3 Å². The lowest BCUT2D eigenvalue weighted by Crippen LogP contribution is -2.58. The largest absolute Gasteiger partial charge is 0.377 e. The number of nitrogens with one attached hydrogen (secondary N) is 1. The van der Waals surface area contributed by atoms with Gasteiger partial charge in [-0.3, -0.25) is 11.3 Å². The summed E-state index contributed by atoms with van der Waals surface area (Å²) < 4.78 is 5.66. The topological polar surface area (TPSA) is 47.3 Å². The van der Waals surface area contributed by atoms with Crippen LogP contribution in [0.2, 0.25) is 0 Å². The molecule has 1 unspecified atom stereocenters. The summed E-state index contributed by atoms with van der Waals surface area (Å²) in [5.74, 6) is 5.66. The number of aryl methyl sites for hydroxylation is 1. The highest BCUT2D eigenvalue weighted by atomic mass is 32.1. The molecule has 1 aromatic rings. The first-order chi connectivity index (χ1) is 7.80. The van der Waals surface area contributed by atoms with Gasteiger partial charge in [-0.25, -0.2) is 0 Å². The van der Waals surface area contributed by atoms with Crippen LogP contribution in [0.4, 0.5) is 0 Å². The molecule has 1 aliphatic carbocycles. The quantitative estimate of drug-likeness (QED) is 0.591. The Bertz CT molecular complexity index is 303. The molecule has 1 atom stereocenters. The zero-order valence-electron chi connectivity index (χ0n) is 9.74. The van der Waals surface area contributed by atoms with Crippen LogP contribution in [-0.2, 0) is 11.2 Å². The molecule has 1 aliphatic rings. The van der Waals surface area contributed by atoms with Gasteiger partial charge in [-0.1, -0.05) is 6.07 Å². The first-order valence-electron chi connectivity index (χ1n) is 5.84. The van der Waals surface area contributed by atoms with Crippen molar-refractivity contribution < 1.29 is 4.74 Å². The maximum absolute atomic E-state index is 5.66. The summed E-state index contributed by atoms with van der Waals surface area (Å²) in [6.07, 6.45) is 5.64. The van der Waals surface area contributed by atoms with Crippen molar-refractivity contribution in [1.82, 2.24) is 5.43 Å². The normalized spacial score (nSPS) is 20.4. The number of thiophene rings is 1. The van der Waals surface area contributed by atoms with Crippen molar-refractivity contribution in [3.63, 3.8) is 0 Å². The van der Waals surface area contributed by atoms with E-state index in [1.165, 1.54) is 11.3 Å². The van der Waals surface area contributed by atoms with Crippen LogP contribution in [0.25, 0.3) is 0 Å². The van der Waals surface area contributed by atoms with E-state index >= 15 is 0 Å². The monoisotopic (exact) mass is 240 g/mol. The average molecular weight is 240 g/mol. The third-order valence-corrected chi connectivity index (χ3v) is 4.64. The van der Waals surface area contributed by atoms with Crippen molar-refractivity contribution in [2.24, 2.45) is 5.84 Å². The summed E-state index contributed by atoms with van der Waals surface area (Å²) in [6, 6.07) is 4.55. The first kappa shape index (κ1) is 12.0. The first-order valence-corrected chi connectivity index (χ1v) is 6.72. The molecule has 1 saturated carbocycles. The van der Waals surface area contributed by atoms with E-state index in [-0.39, 0.29) is 11.6 Å². The Kier molecular flexibility index (Phi) is 3.97. The van der Waals surface area contributed by atoms with Crippen molar-refractivity contribution in [1.29, 1.82) is 0 Å². The molecule has 0 radical (unpaired) electrons. The van der Waals surface area contributed by atoms with Gasteiger partial charge in [-0.2, -0.15) is 0 Å². The smallest absolute Gasteiger partial charge is 0.0844 e. The van der Waals surface area contributed by atoms with Gasteiger partial charge in [0.25, 0.3) is 0 Å². The number of nitrogens with two attached hydrogens (primary N) is 1. The summed E-state index contributed by atoms with van der Waals surface area (Å²) in [4.78, 5) is 1.42. The second-order valence-corrected chi connectivity index (χ2v) is 5.49. The van der Waals surface area contributed by atoms with Crippen LogP contribution < -0.4 is 11.3 Å². The third-order valence-electron chi connectivity index (χ3n) is 3.70. The predicted molar refractivity (Wildman–Crippen MR) is 67.3 cm³/mol. The Hall–Kier alpha value is -0.420. The minimum absolute atomic E-state index is 0.00793. The molecule has 4 heteroatoms. The molecule has 0 spiro atoms. The summed E-state index contributed by atoms with van der Waals surface area (Å²) in [7, 11) is 1.80. The Morgan fingerprint density at radius 2 is 2.44 bits per heavy atom. The van der Waals surface area contributed by atoms with Crippen molar-refractivity contribution in [3.8, 4) is 0 Å².